The normalized spacial score (nSPS) is 22.5. The predicted octanol–water partition coefficient (Wildman–Crippen LogP) is 1.45. The zero-order chi connectivity index (χ0) is 18.9. The van der Waals surface area contributed by atoms with E-state index in [9.17, 15) is 18.0 Å². The van der Waals surface area contributed by atoms with Gasteiger partial charge in [-0.1, -0.05) is 12.1 Å². The summed E-state index contributed by atoms with van der Waals surface area (Å²) in [5.41, 5.74) is -0.565. The molecule has 1 atom stereocenters. The van der Waals surface area contributed by atoms with E-state index in [2.05, 4.69) is 5.32 Å². The summed E-state index contributed by atoms with van der Waals surface area (Å²) in [4.78, 5) is 27.2. The largest absolute Gasteiger partial charge is 0.492 e. The molecular formula is C18H24N2O5S. The number of carbonyl (C=O) groups is 2. The first kappa shape index (κ1) is 18.7. The average Bonchev–Trinajstić information content (AvgIpc) is 3.34. The molecule has 1 aromatic rings. The van der Waals surface area contributed by atoms with Crippen molar-refractivity contribution in [2.75, 3.05) is 30.5 Å². The molecule has 1 heterocycles. The van der Waals surface area contributed by atoms with Crippen molar-refractivity contribution in [3.63, 3.8) is 0 Å². The van der Waals surface area contributed by atoms with Crippen LogP contribution in [-0.4, -0.2) is 56.3 Å². The number of ether oxygens (including phenoxy) is 1. The minimum atomic E-state index is -3.09. The zero-order valence-electron chi connectivity index (χ0n) is 15.0. The van der Waals surface area contributed by atoms with Crippen molar-refractivity contribution < 1.29 is 22.7 Å². The van der Waals surface area contributed by atoms with Crippen molar-refractivity contribution in [2.24, 2.45) is 5.41 Å². The van der Waals surface area contributed by atoms with Crippen molar-refractivity contribution in [2.45, 2.75) is 32.2 Å². The molecule has 2 fully saturated rings. The highest BCUT2D eigenvalue weighted by Gasteiger charge is 2.58. The molecule has 1 saturated heterocycles. The molecule has 0 bridgehead atoms. The van der Waals surface area contributed by atoms with Crippen LogP contribution in [0.3, 0.4) is 0 Å². The number of anilines is 1. The molecule has 2 aliphatic rings. The number of amides is 2. The van der Waals surface area contributed by atoms with Gasteiger partial charge in [0.1, 0.15) is 11.2 Å². The van der Waals surface area contributed by atoms with Gasteiger partial charge in [-0.25, -0.2) is 8.42 Å². The number of hydrogen-bond donors (Lipinski definition) is 1. The Labute approximate surface area is 153 Å². The molecule has 8 heteroatoms. The molecule has 1 aromatic carbocycles. The fourth-order valence-corrected chi connectivity index (χ4v) is 5.11. The number of nitrogens with one attached hydrogen (secondary N) is 1. The number of rotatable bonds is 6. The van der Waals surface area contributed by atoms with Crippen LogP contribution in [0.25, 0.3) is 0 Å². The van der Waals surface area contributed by atoms with E-state index in [1.807, 2.05) is 13.0 Å². The monoisotopic (exact) mass is 380 g/mol. The summed E-state index contributed by atoms with van der Waals surface area (Å²) in [6.07, 6.45) is 1.37. The smallest absolute Gasteiger partial charge is 0.240 e. The predicted molar refractivity (Wildman–Crippen MR) is 97.7 cm³/mol. The van der Waals surface area contributed by atoms with Gasteiger partial charge in [-0.2, -0.15) is 0 Å². The Morgan fingerprint density at radius 1 is 1.31 bits per heavy atom. The molecule has 1 aliphatic heterocycles. The van der Waals surface area contributed by atoms with Gasteiger partial charge in [0.25, 0.3) is 0 Å². The second-order valence-electron chi connectivity index (χ2n) is 6.94. The van der Waals surface area contributed by atoms with Crippen molar-refractivity contribution in [1.82, 2.24) is 4.90 Å². The summed E-state index contributed by atoms with van der Waals surface area (Å²) in [6.45, 7) is 2.32. The molecule has 1 unspecified atom stereocenters. The highest BCUT2D eigenvalue weighted by atomic mass is 32.2. The van der Waals surface area contributed by atoms with Crippen LogP contribution in [0, 0.1) is 5.41 Å². The maximum atomic E-state index is 12.9. The standard InChI is InChI=1S/C18H24N2O5S/c1-3-25-15-7-5-4-6-14(15)19-16(21)18(9-10-18)17(22)20(2)13-8-11-26(23,24)12-13/h4-7,13H,3,8-12H2,1-2H3,(H,19,21). The van der Waals surface area contributed by atoms with E-state index in [4.69, 9.17) is 4.74 Å². The molecule has 0 aromatic heterocycles. The van der Waals surface area contributed by atoms with Gasteiger partial charge in [-0.15, -0.1) is 0 Å². The lowest BCUT2D eigenvalue weighted by Crippen LogP contribution is -2.46. The van der Waals surface area contributed by atoms with Gasteiger partial charge in [-0.3, -0.25) is 9.59 Å². The van der Waals surface area contributed by atoms with Crippen molar-refractivity contribution in [3.05, 3.63) is 24.3 Å². The molecule has 7 nitrogen and oxygen atoms in total. The number of carbonyl (C=O) groups excluding carboxylic acids is 2. The van der Waals surface area contributed by atoms with Crippen LogP contribution in [0.2, 0.25) is 0 Å². The Kier molecular flexibility index (Phi) is 4.96. The summed E-state index contributed by atoms with van der Waals surface area (Å²) in [6, 6.07) is 6.74. The number of hydrogen-bond acceptors (Lipinski definition) is 5. The maximum Gasteiger partial charge on any atom is 0.240 e. The summed E-state index contributed by atoms with van der Waals surface area (Å²) in [5.74, 6) is -0.0359. The molecule has 2 amide bonds. The Balaban J connectivity index is 1.72. The number of para-hydroxylation sites is 2. The lowest BCUT2D eigenvalue weighted by Gasteiger charge is -2.27. The quantitative estimate of drug-likeness (QED) is 0.754. The van der Waals surface area contributed by atoms with Crippen LogP contribution in [0.4, 0.5) is 5.69 Å². The van der Waals surface area contributed by atoms with Crippen LogP contribution in [0.1, 0.15) is 26.2 Å². The van der Waals surface area contributed by atoms with Gasteiger partial charge >= 0.3 is 0 Å². The molecule has 26 heavy (non-hydrogen) atoms. The highest BCUT2D eigenvalue weighted by Crippen LogP contribution is 2.49. The third-order valence-electron chi connectivity index (χ3n) is 5.11. The van der Waals surface area contributed by atoms with E-state index < -0.39 is 15.3 Å². The van der Waals surface area contributed by atoms with Gasteiger partial charge in [0.05, 0.1) is 23.8 Å². The van der Waals surface area contributed by atoms with Gasteiger partial charge in [0, 0.05) is 13.1 Å². The SMILES string of the molecule is CCOc1ccccc1NC(=O)C1(C(=O)N(C)C2CCS(=O)(=O)C2)CC1. The molecular weight excluding hydrogens is 356 g/mol. The van der Waals surface area contributed by atoms with Crippen LogP contribution < -0.4 is 10.1 Å². The van der Waals surface area contributed by atoms with E-state index >= 15 is 0 Å². The van der Waals surface area contributed by atoms with Gasteiger partial charge < -0.3 is 15.0 Å². The van der Waals surface area contributed by atoms with E-state index in [0.29, 0.717) is 37.3 Å². The van der Waals surface area contributed by atoms with Gasteiger partial charge in [0.2, 0.25) is 11.8 Å². The Morgan fingerprint density at radius 2 is 2.00 bits per heavy atom. The summed E-state index contributed by atoms with van der Waals surface area (Å²) >= 11 is 0. The van der Waals surface area contributed by atoms with E-state index in [0.717, 1.165) is 0 Å². The number of nitrogens with zero attached hydrogens (tertiary/aromatic N) is 1. The lowest BCUT2D eigenvalue weighted by atomic mass is 10.0. The third kappa shape index (κ3) is 3.56. The fourth-order valence-electron chi connectivity index (χ4n) is 3.34. The van der Waals surface area contributed by atoms with Crippen LogP contribution in [-0.2, 0) is 19.4 Å². The first-order valence-corrected chi connectivity index (χ1v) is 10.6. The zero-order valence-corrected chi connectivity index (χ0v) is 15.8. The molecule has 1 aliphatic carbocycles. The molecule has 3 rings (SSSR count). The Morgan fingerprint density at radius 3 is 2.58 bits per heavy atom. The Hall–Kier alpha value is -2.09. The minimum Gasteiger partial charge on any atom is -0.492 e. The summed E-state index contributed by atoms with van der Waals surface area (Å²) < 4.78 is 28.9. The second-order valence-corrected chi connectivity index (χ2v) is 9.17. The highest BCUT2D eigenvalue weighted by molar-refractivity contribution is 7.91. The van der Waals surface area contributed by atoms with E-state index in [-0.39, 0.29) is 29.4 Å². The fraction of sp³-hybridized carbons (Fsp3) is 0.556. The molecule has 142 valence electrons. The van der Waals surface area contributed by atoms with Gasteiger partial charge in [0.15, 0.2) is 9.84 Å². The molecule has 1 N–H and O–H groups in total. The van der Waals surface area contributed by atoms with E-state index in [1.165, 1.54) is 4.90 Å². The van der Waals surface area contributed by atoms with E-state index in [1.54, 1.807) is 25.2 Å². The number of sulfone groups is 1. The van der Waals surface area contributed by atoms with Crippen molar-refractivity contribution in [3.8, 4) is 5.75 Å². The van der Waals surface area contributed by atoms with Crippen LogP contribution in [0.15, 0.2) is 24.3 Å². The molecule has 0 spiro atoms. The maximum absolute atomic E-state index is 12.9. The van der Waals surface area contributed by atoms with Crippen LogP contribution in [0.5, 0.6) is 5.75 Å². The topological polar surface area (TPSA) is 92.8 Å². The van der Waals surface area contributed by atoms with Gasteiger partial charge in [-0.05, 0) is 38.3 Å². The van der Waals surface area contributed by atoms with Crippen LogP contribution >= 0.6 is 0 Å². The second kappa shape index (κ2) is 6.90. The Bertz CT molecular complexity index is 817. The molecule has 1 saturated carbocycles. The number of benzene rings is 1. The van der Waals surface area contributed by atoms with Crippen molar-refractivity contribution in [1.29, 1.82) is 0 Å². The summed E-state index contributed by atoms with van der Waals surface area (Å²) in [7, 11) is -1.50. The first-order chi connectivity index (χ1) is 12.3. The van der Waals surface area contributed by atoms with Crippen molar-refractivity contribution >= 4 is 27.3 Å². The minimum absolute atomic E-state index is 0.0277. The average molecular weight is 380 g/mol. The summed E-state index contributed by atoms with van der Waals surface area (Å²) in [5, 5.41) is 2.81. The lowest BCUT2D eigenvalue weighted by molar-refractivity contribution is -0.142. The third-order valence-corrected chi connectivity index (χ3v) is 6.86. The molecule has 0 radical (unpaired) electrons. The first-order valence-electron chi connectivity index (χ1n) is 8.80.